The smallest absolute Gasteiger partial charge is 0.149 e. The van der Waals surface area contributed by atoms with Crippen molar-refractivity contribution in [2.75, 3.05) is 7.05 Å². The molecule has 2 atom stereocenters. The minimum Gasteiger partial charge on any atom is -0.321 e. The van der Waals surface area contributed by atoms with E-state index in [1.54, 1.807) is 6.92 Å². The maximum Gasteiger partial charge on any atom is 0.149 e. The predicted molar refractivity (Wildman–Crippen MR) is 74.4 cm³/mol. The Labute approximate surface area is 110 Å². The summed E-state index contributed by atoms with van der Waals surface area (Å²) in [6.45, 7) is 5.03. The maximum absolute atomic E-state index is 11.4. The number of unbranched alkanes of at least 4 members (excludes halogenated alkanes) is 1. The number of rotatable bonds is 9. The van der Waals surface area contributed by atoms with Crippen LogP contribution in [0.15, 0.2) is 12.2 Å². The summed E-state index contributed by atoms with van der Waals surface area (Å²) >= 11 is 0. The van der Waals surface area contributed by atoms with Crippen LogP contribution in [0.25, 0.3) is 0 Å². The third-order valence-corrected chi connectivity index (χ3v) is 3.46. The van der Waals surface area contributed by atoms with Gasteiger partial charge in [0.1, 0.15) is 11.6 Å². The minimum atomic E-state index is -0.427. The summed E-state index contributed by atoms with van der Waals surface area (Å²) in [6, 6.07) is -0.388. The van der Waals surface area contributed by atoms with E-state index in [1.807, 2.05) is 26.1 Å². The lowest BCUT2D eigenvalue weighted by Crippen LogP contribution is -2.46. The molecule has 0 aliphatic heterocycles. The third-order valence-electron chi connectivity index (χ3n) is 3.46. The molecule has 18 heavy (non-hydrogen) atoms. The van der Waals surface area contributed by atoms with Gasteiger partial charge in [-0.15, -0.1) is 0 Å². The van der Waals surface area contributed by atoms with Crippen LogP contribution < -0.4 is 11.1 Å². The first kappa shape index (κ1) is 17.0. The number of likely N-dealkylation sites (N-methyl/N-ethyl adjacent to an activating group) is 1. The van der Waals surface area contributed by atoms with Gasteiger partial charge in [-0.25, -0.2) is 0 Å². The molecule has 0 fully saturated rings. The molecular formula is C14H26N2O2. The molecule has 0 aromatic heterocycles. The molecule has 0 rings (SSSR count). The fourth-order valence-electron chi connectivity index (χ4n) is 1.58. The average Bonchev–Trinajstić information content (AvgIpc) is 2.32. The maximum atomic E-state index is 11.4. The zero-order valence-electron chi connectivity index (χ0n) is 12.0. The Bertz CT molecular complexity index is 313. The molecule has 0 aromatic carbocycles. The summed E-state index contributed by atoms with van der Waals surface area (Å²) in [5, 5.41) is 3.06. The lowest BCUT2D eigenvalue weighted by molar-refractivity contribution is -0.122. The highest BCUT2D eigenvalue weighted by Gasteiger charge is 2.26. The van der Waals surface area contributed by atoms with E-state index in [9.17, 15) is 9.59 Å². The van der Waals surface area contributed by atoms with Gasteiger partial charge in [0.2, 0.25) is 0 Å². The molecular weight excluding hydrogens is 228 g/mol. The summed E-state index contributed by atoms with van der Waals surface area (Å²) in [7, 11) is 1.81. The molecule has 0 radical (unpaired) electrons. The van der Waals surface area contributed by atoms with Crippen molar-refractivity contribution < 1.29 is 9.59 Å². The number of carbonyl (C=O) groups is 2. The van der Waals surface area contributed by atoms with E-state index in [0.717, 1.165) is 19.3 Å². The average molecular weight is 254 g/mol. The van der Waals surface area contributed by atoms with Crippen molar-refractivity contribution in [2.24, 2.45) is 5.73 Å². The quantitative estimate of drug-likeness (QED) is 0.484. The standard InChI is InChI=1S/C14H26N2O2/c1-11(17)13(15)9-7-5-6-8-10-14(3,16-4)12(2)18/h5,7,13,16H,6,8-10,15H2,1-4H3/b7-5+/t13-,14?/m1/s1. The van der Waals surface area contributed by atoms with Crippen LogP contribution in [-0.2, 0) is 9.59 Å². The van der Waals surface area contributed by atoms with Crippen LogP contribution in [0.4, 0.5) is 0 Å². The van der Waals surface area contributed by atoms with E-state index < -0.39 is 5.54 Å². The number of nitrogens with two attached hydrogens (primary N) is 1. The Morgan fingerprint density at radius 2 is 1.94 bits per heavy atom. The zero-order chi connectivity index (χ0) is 14.2. The van der Waals surface area contributed by atoms with Crippen molar-refractivity contribution in [3.8, 4) is 0 Å². The number of nitrogens with one attached hydrogen (secondary N) is 1. The molecule has 3 N–H and O–H groups in total. The molecule has 1 unspecified atom stereocenters. The molecule has 0 aliphatic carbocycles. The van der Waals surface area contributed by atoms with Gasteiger partial charge in [0.25, 0.3) is 0 Å². The van der Waals surface area contributed by atoms with Crippen molar-refractivity contribution in [3.05, 3.63) is 12.2 Å². The van der Waals surface area contributed by atoms with Crippen LogP contribution >= 0.6 is 0 Å². The molecule has 0 saturated heterocycles. The molecule has 4 heteroatoms. The number of ketones is 2. The number of Topliss-reactive ketones (excluding diaryl/α,β-unsaturated/α-hetero) is 2. The van der Waals surface area contributed by atoms with Crippen molar-refractivity contribution >= 4 is 11.6 Å². The summed E-state index contributed by atoms with van der Waals surface area (Å²) in [5.41, 5.74) is 5.18. The highest BCUT2D eigenvalue weighted by atomic mass is 16.1. The van der Waals surface area contributed by atoms with Gasteiger partial charge in [0.05, 0.1) is 11.6 Å². The molecule has 0 bridgehead atoms. The van der Waals surface area contributed by atoms with Crippen LogP contribution in [0.3, 0.4) is 0 Å². The van der Waals surface area contributed by atoms with Gasteiger partial charge in [0, 0.05) is 0 Å². The van der Waals surface area contributed by atoms with Crippen LogP contribution in [0.2, 0.25) is 0 Å². The SMILES string of the molecule is CNC(C)(CCC/C=C/C[C@@H](N)C(C)=O)C(C)=O. The first-order valence-corrected chi connectivity index (χ1v) is 6.44. The van der Waals surface area contributed by atoms with Gasteiger partial charge < -0.3 is 11.1 Å². The summed E-state index contributed by atoms with van der Waals surface area (Å²) in [6.07, 6.45) is 7.20. The van der Waals surface area contributed by atoms with Crippen molar-refractivity contribution in [2.45, 2.75) is 58.0 Å². The van der Waals surface area contributed by atoms with Crippen LogP contribution in [0.1, 0.15) is 46.5 Å². The molecule has 0 spiro atoms. The number of carbonyl (C=O) groups excluding carboxylic acids is 2. The molecule has 104 valence electrons. The summed E-state index contributed by atoms with van der Waals surface area (Å²) in [5.74, 6) is 0.173. The molecule has 0 aromatic rings. The second-order valence-electron chi connectivity index (χ2n) is 4.95. The first-order chi connectivity index (χ1) is 8.33. The highest BCUT2D eigenvalue weighted by molar-refractivity contribution is 5.85. The second kappa shape index (κ2) is 8.16. The van der Waals surface area contributed by atoms with E-state index in [0.29, 0.717) is 6.42 Å². The topological polar surface area (TPSA) is 72.2 Å². The monoisotopic (exact) mass is 254 g/mol. The number of allylic oxidation sites excluding steroid dienone is 1. The third kappa shape index (κ3) is 6.07. The Morgan fingerprint density at radius 1 is 1.33 bits per heavy atom. The van der Waals surface area contributed by atoms with Gasteiger partial charge in [-0.3, -0.25) is 9.59 Å². The fourth-order valence-corrected chi connectivity index (χ4v) is 1.58. The van der Waals surface area contributed by atoms with E-state index in [2.05, 4.69) is 5.32 Å². The normalized spacial score (nSPS) is 16.5. The largest absolute Gasteiger partial charge is 0.321 e. The van der Waals surface area contributed by atoms with Gasteiger partial charge in [-0.2, -0.15) is 0 Å². The van der Waals surface area contributed by atoms with E-state index >= 15 is 0 Å². The predicted octanol–water partition coefficient (Wildman–Crippen LogP) is 1.59. The lowest BCUT2D eigenvalue weighted by atomic mass is 9.91. The minimum absolute atomic E-state index is 0.0130. The van der Waals surface area contributed by atoms with Crippen LogP contribution in [0.5, 0.6) is 0 Å². The Hall–Kier alpha value is -1.00. The van der Waals surface area contributed by atoms with E-state index in [1.165, 1.54) is 6.92 Å². The van der Waals surface area contributed by atoms with Gasteiger partial charge in [-0.05, 0) is 53.5 Å². The fraction of sp³-hybridized carbons (Fsp3) is 0.714. The van der Waals surface area contributed by atoms with Crippen molar-refractivity contribution in [3.63, 3.8) is 0 Å². The molecule has 0 heterocycles. The molecule has 0 amide bonds. The second-order valence-corrected chi connectivity index (χ2v) is 4.95. The van der Waals surface area contributed by atoms with Gasteiger partial charge in [0.15, 0.2) is 0 Å². The van der Waals surface area contributed by atoms with Crippen molar-refractivity contribution in [1.82, 2.24) is 5.32 Å². The molecule has 0 saturated carbocycles. The Morgan fingerprint density at radius 3 is 2.39 bits per heavy atom. The zero-order valence-corrected chi connectivity index (χ0v) is 12.0. The molecule has 0 aliphatic rings. The number of hydrogen-bond acceptors (Lipinski definition) is 4. The van der Waals surface area contributed by atoms with Gasteiger partial charge >= 0.3 is 0 Å². The number of hydrogen-bond donors (Lipinski definition) is 2. The Balaban J connectivity index is 3.89. The summed E-state index contributed by atoms with van der Waals surface area (Å²) < 4.78 is 0. The highest BCUT2D eigenvalue weighted by Crippen LogP contribution is 2.14. The Kier molecular flexibility index (Phi) is 7.71. The van der Waals surface area contributed by atoms with Gasteiger partial charge in [-0.1, -0.05) is 12.2 Å². The van der Waals surface area contributed by atoms with Crippen LogP contribution in [0, 0.1) is 0 Å². The van der Waals surface area contributed by atoms with Crippen molar-refractivity contribution in [1.29, 1.82) is 0 Å². The molecule has 4 nitrogen and oxygen atoms in total. The van der Waals surface area contributed by atoms with E-state index in [4.69, 9.17) is 5.73 Å². The first-order valence-electron chi connectivity index (χ1n) is 6.44. The lowest BCUT2D eigenvalue weighted by Gasteiger charge is -2.25. The summed E-state index contributed by atoms with van der Waals surface area (Å²) in [4.78, 5) is 22.4. The van der Waals surface area contributed by atoms with E-state index in [-0.39, 0.29) is 17.6 Å². The van der Waals surface area contributed by atoms with Crippen LogP contribution in [-0.4, -0.2) is 30.2 Å².